The van der Waals surface area contributed by atoms with E-state index in [0.717, 1.165) is 6.42 Å². The number of primary amides is 1. The minimum absolute atomic E-state index is 0.435. The van der Waals surface area contributed by atoms with Gasteiger partial charge in [0.25, 0.3) is 0 Å². The Bertz CT molecular complexity index is 464. The molecule has 2 nitrogen and oxygen atoms in total. The summed E-state index contributed by atoms with van der Waals surface area (Å²) in [4.78, 5) is 10.4. The van der Waals surface area contributed by atoms with Crippen LogP contribution >= 0.6 is 0 Å². The fraction of sp³-hybridized carbons (Fsp3) is 0.409. The highest BCUT2D eigenvalue weighted by Crippen LogP contribution is 2.07. The Hall–Kier alpha value is -2.09. The summed E-state index contributed by atoms with van der Waals surface area (Å²) in [5.41, 5.74) is 4.97. The Kier molecular flexibility index (Phi) is 17.3. The molecule has 0 radical (unpaired) electrons. The third-order valence-corrected chi connectivity index (χ3v) is 3.34. The average molecular weight is 328 g/mol. The van der Waals surface area contributed by atoms with Crippen LogP contribution in [0.1, 0.15) is 58.3 Å². The van der Waals surface area contributed by atoms with Gasteiger partial charge in [0.05, 0.1) is 0 Å². The molecule has 0 unspecified atom stereocenters. The van der Waals surface area contributed by atoms with Crippen molar-refractivity contribution in [3.63, 3.8) is 0 Å². The molecule has 0 rings (SSSR count). The van der Waals surface area contributed by atoms with Gasteiger partial charge in [0, 0.05) is 6.08 Å². The van der Waals surface area contributed by atoms with E-state index in [2.05, 4.69) is 31.2 Å². The fourth-order valence-electron chi connectivity index (χ4n) is 2.03. The van der Waals surface area contributed by atoms with E-state index in [1.807, 2.05) is 30.4 Å². The van der Waals surface area contributed by atoms with Gasteiger partial charge >= 0.3 is 0 Å². The molecule has 2 N–H and O–H groups in total. The summed E-state index contributed by atoms with van der Waals surface area (Å²) in [7, 11) is 0. The van der Waals surface area contributed by atoms with Gasteiger partial charge < -0.3 is 5.73 Å². The summed E-state index contributed by atoms with van der Waals surface area (Å²) in [6, 6.07) is 0. The third-order valence-electron chi connectivity index (χ3n) is 3.34. The van der Waals surface area contributed by atoms with Crippen LogP contribution in [0.4, 0.5) is 0 Å². The molecular formula is C22H33NO. The molecule has 0 heterocycles. The topological polar surface area (TPSA) is 43.1 Å². The first-order chi connectivity index (χ1) is 11.8. The van der Waals surface area contributed by atoms with Crippen LogP contribution in [-0.2, 0) is 4.79 Å². The Morgan fingerprint density at radius 3 is 1.96 bits per heavy atom. The lowest BCUT2D eigenvalue weighted by atomic mass is 10.1. The van der Waals surface area contributed by atoms with Gasteiger partial charge in [-0.15, -0.1) is 0 Å². The molecule has 0 bridgehead atoms. The number of carbonyl (C=O) groups excluding carboxylic acids is 1. The predicted octanol–water partition coefficient (Wildman–Crippen LogP) is 5.95. The van der Waals surface area contributed by atoms with Gasteiger partial charge in [-0.1, -0.05) is 106 Å². The molecule has 2 heteroatoms. The maximum Gasteiger partial charge on any atom is 0.241 e. The smallest absolute Gasteiger partial charge is 0.241 e. The van der Waals surface area contributed by atoms with E-state index < -0.39 is 5.91 Å². The van der Waals surface area contributed by atoms with Gasteiger partial charge in [-0.3, -0.25) is 4.79 Å². The number of allylic oxidation sites excluding steroid dienone is 11. The second kappa shape index (κ2) is 19.0. The molecule has 0 aromatic rings. The molecule has 0 saturated heterocycles. The van der Waals surface area contributed by atoms with Crippen molar-refractivity contribution in [1.82, 2.24) is 0 Å². The molecular weight excluding hydrogens is 294 g/mol. The van der Waals surface area contributed by atoms with Crippen molar-refractivity contribution in [2.45, 2.75) is 58.3 Å². The number of hydrogen-bond acceptors (Lipinski definition) is 1. The fourth-order valence-corrected chi connectivity index (χ4v) is 2.03. The molecule has 132 valence electrons. The van der Waals surface area contributed by atoms with Crippen LogP contribution in [0, 0.1) is 0 Å². The molecule has 0 atom stereocenters. The number of amides is 1. The van der Waals surface area contributed by atoms with E-state index in [1.165, 1.54) is 51.0 Å². The first kappa shape index (κ1) is 21.9. The summed E-state index contributed by atoms with van der Waals surface area (Å²) in [5, 5.41) is 0. The first-order valence-corrected chi connectivity index (χ1v) is 9.05. The van der Waals surface area contributed by atoms with E-state index in [1.54, 1.807) is 12.2 Å². The van der Waals surface area contributed by atoms with Crippen LogP contribution in [0.5, 0.6) is 0 Å². The van der Waals surface area contributed by atoms with Crippen molar-refractivity contribution >= 4 is 5.91 Å². The van der Waals surface area contributed by atoms with Crippen molar-refractivity contribution in [3.05, 3.63) is 72.9 Å². The Morgan fingerprint density at radius 2 is 1.29 bits per heavy atom. The SMILES string of the molecule is CCCCCCCCC=CC/C=C\C=CC=CC=CC=CC(N)=O. The highest BCUT2D eigenvalue weighted by molar-refractivity contribution is 5.85. The normalized spacial score (nSPS) is 13.0. The van der Waals surface area contributed by atoms with Crippen LogP contribution in [-0.4, -0.2) is 5.91 Å². The van der Waals surface area contributed by atoms with Crippen molar-refractivity contribution < 1.29 is 4.79 Å². The van der Waals surface area contributed by atoms with Crippen molar-refractivity contribution in [2.75, 3.05) is 0 Å². The van der Waals surface area contributed by atoms with E-state index in [0.29, 0.717) is 0 Å². The molecule has 0 aliphatic carbocycles. The molecule has 0 aromatic heterocycles. The van der Waals surface area contributed by atoms with E-state index >= 15 is 0 Å². The monoisotopic (exact) mass is 327 g/mol. The molecule has 0 saturated carbocycles. The molecule has 0 aliphatic heterocycles. The van der Waals surface area contributed by atoms with Gasteiger partial charge in [0.15, 0.2) is 0 Å². The van der Waals surface area contributed by atoms with Gasteiger partial charge in [0.1, 0.15) is 0 Å². The molecule has 0 fully saturated rings. The van der Waals surface area contributed by atoms with E-state index in [-0.39, 0.29) is 0 Å². The summed E-state index contributed by atoms with van der Waals surface area (Å²) in [5.74, 6) is -0.435. The Balaban J connectivity index is 3.57. The molecule has 0 aromatic carbocycles. The number of hydrogen-bond donors (Lipinski definition) is 1. The van der Waals surface area contributed by atoms with Crippen LogP contribution in [0.15, 0.2) is 72.9 Å². The lowest BCUT2D eigenvalue weighted by molar-refractivity contribution is -0.113. The zero-order chi connectivity index (χ0) is 17.7. The van der Waals surface area contributed by atoms with Gasteiger partial charge in [-0.2, -0.15) is 0 Å². The Labute approximate surface area is 148 Å². The first-order valence-electron chi connectivity index (χ1n) is 9.05. The molecule has 0 aliphatic rings. The maximum atomic E-state index is 10.4. The zero-order valence-corrected chi connectivity index (χ0v) is 15.1. The van der Waals surface area contributed by atoms with Gasteiger partial charge in [-0.05, 0) is 19.3 Å². The molecule has 1 amide bonds. The predicted molar refractivity (Wildman–Crippen MR) is 107 cm³/mol. The van der Waals surface area contributed by atoms with E-state index in [9.17, 15) is 4.79 Å². The minimum Gasteiger partial charge on any atom is -0.366 e. The standard InChI is InChI=1S/C22H33NO/c1-2-3-4-5-6-7-8-9-10-11-12-13-14-15-16-17-18-19-20-21-22(23)24/h9-10,12-21H,2-8,11H2,1H3,(H2,23,24)/b10-9?,13-12-,15-14?,17-16?,19-18?,21-20?. The lowest BCUT2D eigenvalue weighted by Crippen LogP contribution is -2.04. The highest BCUT2D eigenvalue weighted by Gasteiger charge is 1.87. The van der Waals surface area contributed by atoms with Crippen LogP contribution in [0.2, 0.25) is 0 Å². The zero-order valence-electron chi connectivity index (χ0n) is 15.1. The summed E-state index contributed by atoms with van der Waals surface area (Å²) >= 11 is 0. The summed E-state index contributed by atoms with van der Waals surface area (Å²) in [6.07, 6.45) is 33.4. The van der Waals surface area contributed by atoms with Crippen molar-refractivity contribution in [3.8, 4) is 0 Å². The van der Waals surface area contributed by atoms with Crippen LogP contribution in [0.25, 0.3) is 0 Å². The quantitative estimate of drug-likeness (QED) is 0.182. The highest BCUT2D eigenvalue weighted by atomic mass is 16.1. The lowest BCUT2D eigenvalue weighted by Gasteiger charge is -1.97. The van der Waals surface area contributed by atoms with Crippen molar-refractivity contribution in [1.29, 1.82) is 0 Å². The largest absolute Gasteiger partial charge is 0.366 e. The summed E-state index contributed by atoms with van der Waals surface area (Å²) < 4.78 is 0. The number of rotatable bonds is 14. The van der Waals surface area contributed by atoms with Crippen LogP contribution < -0.4 is 5.73 Å². The average Bonchev–Trinajstić information content (AvgIpc) is 2.56. The molecule has 0 spiro atoms. The second-order valence-corrected chi connectivity index (χ2v) is 5.61. The van der Waals surface area contributed by atoms with Gasteiger partial charge in [-0.25, -0.2) is 0 Å². The third kappa shape index (κ3) is 19.9. The van der Waals surface area contributed by atoms with Crippen molar-refractivity contribution in [2.24, 2.45) is 5.73 Å². The number of unbranched alkanes of at least 4 members (excludes halogenated alkanes) is 6. The van der Waals surface area contributed by atoms with Crippen LogP contribution in [0.3, 0.4) is 0 Å². The van der Waals surface area contributed by atoms with E-state index in [4.69, 9.17) is 5.73 Å². The summed E-state index contributed by atoms with van der Waals surface area (Å²) in [6.45, 7) is 2.26. The number of carbonyl (C=O) groups is 1. The second-order valence-electron chi connectivity index (χ2n) is 5.61. The minimum atomic E-state index is -0.435. The number of nitrogens with two attached hydrogens (primary N) is 1. The molecule has 24 heavy (non-hydrogen) atoms. The maximum absolute atomic E-state index is 10.4. The Morgan fingerprint density at radius 1 is 0.708 bits per heavy atom. The van der Waals surface area contributed by atoms with Gasteiger partial charge in [0.2, 0.25) is 5.91 Å².